The highest BCUT2D eigenvalue weighted by molar-refractivity contribution is 6.04. The van der Waals surface area contributed by atoms with Gasteiger partial charge in [0.1, 0.15) is 6.04 Å². The number of carbonyl (C=O) groups is 2. The maximum Gasteiger partial charge on any atom is 0.328 e. The van der Waals surface area contributed by atoms with Crippen LogP contribution in [0.3, 0.4) is 0 Å². The van der Waals surface area contributed by atoms with Crippen molar-refractivity contribution in [2.45, 2.75) is 53.8 Å². The van der Waals surface area contributed by atoms with Gasteiger partial charge < -0.3 is 10.4 Å². The molecule has 0 saturated heterocycles. The second kappa shape index (κ2) is 7.90. The first-order valence-corrected chi connectivity index (χ1v) is 9.36. The number of amides is 1. The van der Waals surface area contributed by atoms with Crippen molar-refractivity contribution in [2.24, 2.45) is 0 Å². The van der Waals surface area contributed by atoms with Crippen molar-refractivity contribution >= 4 is 17.6 Å². The van der Waals surface area contributed by atoms with Crippen molar-refractivity contribution in [1.29, 1.82) is 0 Å². The number of nitrogens with zero attached hydrogens (tertiary/aromatic N) is 6. The van der Waals surface area contributed by atoms with Gasteiger partial charge >= 0.3 is 5.97 Å². The number of hydrogen-bond acceptors (Lipinski definition) is 5. The van der Waals surface area contributed by atoms with E-state index in [0.717, 1.165) is 23.5 Å². The van der Waals surface area contributed by atoms with Crippen LogP contribution in [0.1, 0.15) is 52.9 Å². The third kappa shape index (κ3) is 3.91. The van der Waals surface area contributed by atoms with Gasteiger partial charge in [0.15, 0.2) is 0 Å². The summed E-state index contributed by atoms with van der Waals surface area (Å²) in [6.45, 7) is 10.7. The Morgan fingerprint density at radius 2 is 1.86 bits per heavy atom. The topological polar surface area (TPSA) is 120 Å². The Kier molecular flexibility index (Phi) is 5.53. The molecule has 0 aromatic carbocycles. The highest BCUT2D eigenvalue weighted by atomic mass is 16.4. The van der Waals surface area contributed by atoms with Gasteiger partial charge in [0.2, 0.25) is 0 Å². The number of carbonyl (C=O) groups excluding carboxylic acids is 1. The highest BCUT2D eigenvalue weighted by Crippen LogP contribution is 2.22. The normalized spacial score (nSPS) is 12.2. The summed E-state index contributed by atoms with van der Waals surface area (Å²) in [5.41, 5.74) is 4.60. The fourth-order valence-corrected chi connectivity index (χ4v) is 3.12. The van der Waals surface area contributed by atoms with E-state index in [-0.39, 0.29) is 11.5 Å². The van der Waals surface area contributed by atoms with Crippen LogP contribution in [-0.4, -0.2) is 46.3 Å². The van der Waals surface area contributed by atoms with Crippen LogP contribution in [-0.2, 0) is 17.9 Å². The predicted octanol–water partition coefficient (Wildman–Crippen LogP) is 2.17. The third-order valence-electron chi connectivity index (χ3n) is 5.06. The van der Waals surface area contributed by atoms with E-state index in [2.05, 4.69) is 20.6 Å². The highest BCUT2D eigenvalue weighted by Gasteiger charge is 2.20. The summed E-state index contributed by atoms with van der Waals surface area (Å²) in [4.78, 5) is 23.7. The van der Waals surface area contributed by atoms with E-state index in [1.807, 2.05) is 43.3 Å². The number of nitrogens with one attached hydrogen (secondary N) is 1. The zero-order valence-electron chi connectivity index (χ0n) is 17.2. The predicted molar refractivity (Wildman–Crippen MR) is 106 cm³/mol. The van der Waals surface area contributed by atoms with Crippen LogP contribution in [0.4, 0.5) is 5.69 Å². The Morgan fingerprint density at radius 1 is 1.14 bits per heavy atom. The lowest BCUT2D eigenvalue weighted by Gasteiger charge is -2.07. The Hall–Kier alpha value is -3.43. The zero-order chi connectivity index (χ0) is 21.3. The summed E-state index contributed by atoms with van der Waals surface area (Å²) >= 11 is 0. The zero-order valence-corrected chi connectivity index (χ0v) is 17.2. The molecular formula is C19H25N7O3. The number of aryl methyl sites for hydroxylation is 2. The minimum Gasteiger partial charge on any atom is -0.480 e. The molecule has 3 aromatic heterocycles. The molecule has 0 aliphatic carbocycles. The van der Waals surface area contributed by atoms with Gasteiger partial charge in [-0.25, -0.2) is 4.79 Å². The van der Waals surface area contributed by atoms with Gasteiger partial charge in [-0.2, -0.15) is 15.3 Å². The van der Waals surface area contributed by atoms with Crippen molar-refractivity contribution in [3.63, 3.8) is 0 Å². The molecule has 1 amide bonds. The second-order valence-corrected chi connectivity index (χ2v) is 6.95. The fourth-order valence-electron chi connectivity index (χ4n) is 3.12. The molecule has 1 unspecified atom stereocenters. The van der Waals surface area contributed by atoms with Gasteiger partial charge in [0, 0.05) is 24.0 Å². The van der Waals surface area contributed by atoms with Crippen molar-refractivity contribution in [1.82, 2.24) is 29.3 Å². The minimum atomic E-state index is -1.02. The summed E-state index contributed by atoms with van der Waals surface area (Å²) in [6, 6.07) is -0.852. The van der Waals surface area contributed by atoms with Crippen LogP contribution in [0.2, 0.25) is 0 Å². The summed E-state index contributed by atoms with van der Waals surface area (Å²) in [6.07, 6.45) is 4.61. The standard InChI is InChI=1S/C19H25N7O3/c1-6-24-12(3)15(7-20-24)9-26-13(4)17(11(2)23-26)22-18(27)16-8-21-25(10-16)14(5)19(28)29/h7-8,10,14H,6,9H2,1-5H3,(H,22,27)(H,28,29). The van der Waals surface area contributed by atoms with Gasteiger partial charge in [-0.3, -0.25) is 18.8 Å². The quantitative estimate of drug-likeness (QED) is 0.628. The molecule has 0 saturated carbocycles. The maximum atomic E-state index is 12.6. The molecule has 0 fully saturated rings. The first-order chi connectivity index (χ1) is 13.7. The van der Waals surface area contributed by atoms with Crippen molar-refractivity contribution in [3.05, 3.63) is 46.8 Å². The van der Waals surface area contributed by atoms with E-state index in [1.54, 1.807) is 0 Å². The van der Waals surface area contributed by atoms with Crippen LogP contribution < -0.4 is 5.32 Å². The van der Waals surface area contributed by atoms with Crippen LogP contribution >= 0.6 is 0 Å². The number of aromatic nitrogens is 6. The summed E-state index contributed by atoms with van der Waals surface area (Å²) in [7, 11) is 0. The summed E-state index contributed by atoms with van der Waals surface area (Å²) in [5.74, 6) is -1.38. The molecule has 3 aromatic rings. The molecule has 0 aliphatic rings. The van der Waals surface area contributed by atoms with E-state index in [4.69, 9.17) is 5.11 Å². The lowest BCUT2D eigenvalue weighted by molar-refractivity contribution is -0.140. The van der Waals surface area contributed by atoms with Crippen molar-refractivity contribution < 1.29 is 14.7 Å². The van der Waals surface area contributed by atoms with E-state index in [1.165, 1.54) is 24.0 Å². The number of anilines is 1. The number of rotatable bonds is 7. The molecule has 0 radical (unpaired) electrons. The molecule has 29 heavy (non-hydrogen) atoms. The Bertz CT molecular complexity index is 1060. The molecule has 3 rings (SSSR count). The van der Waals surface area contributed by atoms with Crippen molar-refractivity contribution in [2.75, 3.05) is 5.32 Å². The third-order valence-corrected chi connectivity index (χ3v) is 5.06. The number of aliphatic carboxylic acids is 1. The average Bonchev–Trinajstić information content (AvgIpc) is 3.37. The maximum absolute atomic E-state index is 12.6. The molecule has 154 valence electrons. The van der Waals surface area contributed by atoms with Gasteiger partial charge in [0.25, 0.3) is 5.91 Å². The second-order valence-electron chi connectivity index (χ2n) is 6.95. The van der Waals surface area contributed by atoms with Crippen LogP contribution in [0.25, 0.3) is 0 Å². The molecule has 1 atom stereocenters. The number of carboxylic acid groups (broad SMARTS) is 1. The summed E-state index contributed by atoms with van der Waals surface area (Å²) < 4.78 is 5.01. The van der Waals surface area contributed by atoms with Crippen LogP contribution in [0.15, 0.2) is 18.6 Å². The van der Waals surface area contributed by atoms with Crippen LogP contribution in [0.5, 0.6) is 0 Å². The van der Waals surface area contributed by atoms with Gasteiger partial charge in [-0.05, 0) is 34.6 Å². The molecule has 3 heterocycles. The molecule has 10 heteroatoms. The fraction of sp³-hybridized carbons (Fsp3) is 0.421. The van der Waals surface area contributed by atoms with E-state index in [9.17, 15) is 9.59 Å². The van der Waals surface area contributed by atoms with Crippen LogP contribution in [0, 0.1) is 20.8 Å². The van der Waals surface area contributed by atoms with E-state index < -0.39 is 12.0 Å². The summed E-state index contributed by atoms with van der Waals surface area (Å²) in [5, 5.41) is 24.8. The Labute approximate surface area is 168 Å². The lowest BCUT2D eigenvalue weighted by Crippen LogP contribution is -2.16. The molecule has 0 bridgehead atoms. The molecule has 10 nitrogen and oxygen atoms in total. The monoisotopic (exact) mass is 399 g/mol. The Balaban J connectivity index is 1.79. The first-order valence-electron chi connectivity index (χ1n) is 9.36. The smallest absolute Gasteiger partial charge is 0.328 e. The average molecular weight is 399 g/mol. The number of carboxylic acids is 1. The molecule has 0 aliphatic heterocycles. The van der Waals surface area contributed by atoms with Gasteiger partial charge in [-0.1, -0.05) is 0 Å². The van der Waals surface area contributed by atoms with Crippen molar-refractivity contribution in [3.8, 4) is 0 Å². The van der Waals surface area contributed by atoms with E-state index in [0.29, 0.717) is 17.9 Å². The Morgan fingerprint density at radius 3 is 2.48 bits per heavy atom. The molecule has 0 spiro atoms. The lowest BCUT2D eigenvalue weighted by atomic mass is 10.2. The minimum absolute atomic E-state index is 0.282. The molecule has 2 N–H and O–H groups in total. The molecular weight excluding hydrogens is 374 g/mol. The largest absolute Gasteiger partial charge is 0.480 e. The van der Waals surface area contributed by atoms with Gasteiger partial charge in [0.05, 0.1) is 41.6 Å². The first kappa shape index (κ1) is 20.3. The van der Waals surface area contributed by atoms with E-state index >= 15 is 0 Å². The number of hydrogen-bond donors (Lipinski definition) is 2. The van der Waals surface area contributed by atoms with Gasteiger partial charge in [-0.15, -0.1) is 0 Å². The SMILES string of the molecule is CCn1ncc(Cn2nc(C)c(NC(=O)c3cnn(C(C)C(=O)O)c3)c2C)c1C.